The van der Waals surface area contributed by atoms with Crippen LogP contribution in [0.15, 0.2) is 42.7 Å². The topological polar surface area (TPSA) is 37.8 Å². The van der Waals surface area contributed by atoms with Crippen LogP contribution in [0.1, 0.15) is 24.2 Å². The minimum atomic E-state index is 0.191. The van der Waals surface area contributed by atoms with Crippen LogP contribution >= 0.6 is 11.6 Å². The molecule has 1 aromatic heterocycles. The highest BCUT2D eigenvalue weighted by Gasteiger charge is 2.05. The fraction of sp³-hybridized carbons (Fsp3) is 0.231. The van der Waals surface area contributed by atoms with Gasteiger partial charge < -0.3 is 5.32 Å². The third-order valence-electron chi connectivity index (χ3n) is 2.49. The van der Waals surface area contributed by atoms with Gasteiger partial charge in [0, 0.05) is 12.2 Å². The van der Waals surface area contributed by atoms with Crippen molar-refractivity contribution in [2.24, 2.45) is 0 Å². The summed E-state index contributed by atoms with van der Waals surface area (Å²) in [4.78, 5) is 8.44. The van der Waals surface area contributed by atoms with Gasteiger partial charge in [-0.3, -0.25) is 4.98 Å². The van der Waals surface area contributed by atoms with Crippen LogP contribution in [0, 0.1) is 0 Å². The van der Waals surface area contributed by atoms with Gasteiger partial charge in [0.2, 0.25) is 0 Å². The van der Waals surface area contributed by atoms with Crippen molar-refractivity contribution in [3.63, 3.8) is 0 Å². The average molecular weight is 248 g/mol. The monoisotopic (exact) mass is 247 g/mol. The molecule has 3 nitrogen and oxygen atoms in total. The predicted molar refractivity (Wildman–Crippen MR) is 70.1 cm³/mol. The number of alkyl halides is 1. The number of hydrogen-bond donors (Lipinski definition) is 1. The molecule has 0 aliphatic rings. The molecular formula is C13H14ClN3. The van der Waals surface area contributed by atoms with Gasteiger partial charge >= 0.3 is 0 Å². The number of rotatable bonds is 4. The predicted octanol–water partition coefficient (Wildman–Crippen LogP) is 3.39. The third-order valence-corrected chi connectivity index (χ3v) is 2.76. The molecule has 0 aliphatic heterocycles. The Balaban J connectivity index is 2.10. The summed E-state index contributed by atoms with van der Waals surface area (Å²) >= 11 is 5.72. The maximum absolute atomic E-state index is 5.72. The van der Waals surface area contributed by atoms with Gasteiger partial charge in [-0.15, -0.1) is 11.6 Å². The molecule has 0 bridgehead atoms. The van der Waals surface area contributed by atoms with Crippen LogP contribution in [-0.2, 0) is 5.88 Å². The second-order valence-corrected chi connectivity index (χ2v) is 4.07. The zero-order chi connectivity index (χ0) is 12.1. The minimum Gasteiger partial charge on any atom is -0.362 e. The average Bonchev–Trinajstić information content (AvgIpc) is 2.40. The van der Waals surface area contributed by atoms with Crippen molar-refractivity contribution in [1.82, 2.24) is 9.97 Å². The van der Waals surface area contributed by atoms with Gasteiger partial charge in [0.05, 0.1) is 17.8 Å². The third kappa shape index (κ3) is 3.17. The normalized spacial score (nSPS) is 12.1. The van der Waals surface area contributed by atoms with Crippen molar-refractivity contribution < 1.29 is 0 Å². The first-order valence-corrected chi connectivity index (χ1v) is 6.01. The second-order valence-electron chi connectivity index (χ2n) is 3.81. The Morgan fingerprint density at radius 3 is 2.71 bits per heavy atom. The number of nitrogens with zero attached hydrogens (tertiary/aromatic N) is 2. The largest absolute Gasteiger partial charge is 0.362 e. The van der Waals surface area contributed by atoms with Crippen LogP contribution in [0.4, 0.5) is 5.82 Å². The van der Waals surface area contributed by atoms with E-state index >= 15 is 0 Å². The molecule has 17 heavy (non-hydrogen) atoms. The molecule has 1 aromatic carbocycles. The van der Waals surface area contributed by atoms with Gasteiger partial charge in [-0.1, -0.05) is 30.3 Å². The van der Waals surface area contributed by atoms with Crippen LogP contribution in [-0.4, -0.2) is 9.97 Å². The number of halogens is 1. The summed E-state index contributed by atoms with van der Waals surface area (Å²) in [6.07, 6.45) is 3.38. The lowest BCUT2D eigenvalue weighted by atomic mass is 10.1. The Morgan fingerprint density at radius 1 is 1.24 bits per heavy atom. The first kappa shape index (κ1) is 11.9. The first-order valence-electron chi connectivity index (χ1n) is 5.48. The zero-order valence-electron chi connectivity index (χ0n) is 9.60. The van der Waals surface area contributed by atoms with Gasteiger partial charge in [0.15, 0.2) is 0 Å². The molecule has 0 saturated carbocycles. The van der Waals surface area contributed by atoms with Crippen molar-refractivity contribution in [3.05, 3.63) is 54.0 Å². The fourth-order valence-corrected chi connectivity index (χ4v) is 1.72. The molecule has 88 valence electrons. The van der Waals surface area contributed by atoms with E-state index in [0.29, 0.717) is 5.88 Å². The van der Waals surface area contributed by atoms with Crippen LogP contribution in [0.3, 0.4) is 0 Å². The van der Waals surface area contributed by atoms with E-state index in [1.165, 1.54) is 5.56 Å². The molecule has 0 radical (unpaired) electrons. The van der Waals surface area contributed by atoms with Crippen molar-refractivity contribution >= 4 is 17.4 Å². The maximum atomic E-state index is 5.72. The van der Waals surface area contributed by atoms with E-state index in [-0.39, 0.29) is 6.04 Å². The Hall–Kier alpha value is -1.61. The molecule has 2 aromatic rings. The molecule has 4 heteroatoms. The Kier molecular flexibility index (Phi) is 3.94. The second kappa shape index (κ2) is 5.64. The van der Waals surface area contributed by atoms with Gasteiger partial charge in [0.25, 0.3) is 0 Å². The van der Waals surface area contributed by atoms with Gasteiger partial charge in [0.1, 0.15) is 5.82 Å². The molecular weight excluding hydrogens is 234 g/mol. The standard InChI is InChI=1S/C13H14ClN3/c1-10(11-5-3-2-4-6-11)16-13-9-15-8-12(7-14)17-13/h2-6,8-10H,7H2,1H3,(H,16,17)/t10-/m0/s1. The van der Waals surface area contributed by atoms with E-state index in [1.807, 2.05) is 18.2 Å². The van der Waals surface area contributed by atoms with E-state index in [1.54, 1.807) is 12.4 Å². The lowest BCUT2D eigenvalue weighted by Gasteiger charge is -2.14. The molecule has 0 unspecified atom stereocenters. The molecule has 0 spiro atoms. The fourth-order valence-electron chi connectivity index (χ4n) is 1.59. The lowest BCUT2D eigenvalue weighted by molar-refractivity contribution is 0.867. The van der Waals surface area contributed by atoms with E-state index in [4.69, 9.17) is 11.6 Å². The molecule has 0 fully saturated rings. The van der Waals surface area contributed by atoms with Crippen molar-refractivity contribution in [1.29, 1.82) is 0 Å². The van der Waals surface area contributed by atoms with Gasteiger partial charge in [-0.05, 0) is 12.5 Å². The Morgan fingerprint density at radius 2 is 2.00 bits per heavy atom. The summed E-state index contributed by atoms with van der Waals surface area (Å²) in [5, 5.41) is 3.30. The quantitative estimate of drug-likeness (QED) is 0.842. The van der Waals surface area contributed by atoms with Crippen LogP contribution in [0.5, 0.6) is 0 Å². The van der Waals surface area contributed by atoms with E-state index < -0.39 is 0 Å². The first-order chi connectivity index (χ1) is 8.29. The summed E-state index contributed by atoms with van der Waals surface area (Å²) in [6.45, 7) is 2.09. The van der Waals surface area contributed by atoms with Crippen molar-refractivity contribution in [2.75, 3.05) is 5.32 Å². The minimum absolute atomic E-state index is 0.191. The molecule has 1 heterocycles. The summed E-state index contributed by atoms with van der Waals surface area (Å²) in [5.74, 6) is 1.13. The van der Waals surface area contributed by atoms with Gasteiger partial charge in [-0.2, -0.15) is 0 Å². The Labute approximate surface area is 106 Å². The van der Waals surface area contributed by atoms with Gasteiger partial charge in [-0.25, -0.2) is 4.98 Å². The smallest absolute Gasteiger partial charge is 0.145 e. The molecule has 0 saturated heterocycles. The highest BCUT2D eigenvalue weighted by Crippen LogP contribution is 2.17. The molecule has 0 amide bonds. The summed E-state index contributed by atoms with van der Waals surface area (Å²) in [6, 6.07) is 10.4. The number of nitrogens with one attached hydrogen (secondary N) is 1. The maximum Gasteiger partial charge on any atom is 0.145 e. The number of hydrogen-bond acceptors (Lipinski definition) is 3. The van der Waals surface area contributed by atoms with Crippen molar-refractivity contribution in [2.45, 2.75) is 18.8 Å². The van der Waals surface area contributed by atoms with Crippen LogP contribution < -0.4 is 5.32 Å². The number of benzene rings is 1. The lowest BCUT2D eigenvalue weighted by Crippen LogP contribution is -2.08. The molecule has 0 aliphatic carbocycles. The van der Waals surface area contributed by atoms with Crippen LogP contribution in [0.25, 0.3) is 0 Å². The van der Waals surface area contributed by atoms with E-state index in [9.17, 15) is 0 Å². The summed E-state index contributed by atoms with van der Waals surface area (Å²) in [7, 11) is 0. The zero-order valence-corrected chi connectivity index (χ0v) is 10.4. The van der Waals surface area contributed by atoms with E-state index in [2.05, 4.69) is 34.3 Å². The molecule has 2 rings (SSSR count). The summed E-state index contributed by atoms with van der Waals surface area (Å²) in [5.41, 5.74) is 1.99. The Bertz CT molecular complexity index is 473. The highest BCUT2D eigenvalue weighted by molar-refractivity contribution is 6.16. The highest BCUT2D eigenvalue weighted by atomic mass is 35.5. The van der Waals surface area contributed by atoms with Crippen LogP contribution in [0.2, 0.25) is 0 Å². The number of anilines is 1. The van der Waals surface area contributed by atoms with E-state index in [0.717, 1.165) is 11.5 Å². The number of aromatic nitrogens is 2. The SMILES string of the molecule is C[C@H](Nc1cncc(CCl)n1)c1ccccc1. The molecule has 1 atom stereocenters. The molecule has 1 N–H and O–H groups in total. The summed E-state index contributed by atoms with van der Waals surface area (Å²) < 4.78 is 0. The van der Waals surface area contributed by atoms with Crippen molar-refractivity contribution in [3.8, 4) is 0 Å².